The van der Waals surface area contributed by atoms with Crippen LogP contribution in [0.3, 0.4) is 0 Å². The molecule has 0 aromatic heterocycles. The van der Waals surface area contributed by atoms with Crippen molar-refractivity contribution in [1.29, 1.82) is 0 Å². The van der Waals surface area contributed by atoms with Gasteiger partial charge in [-0.2, -0.15) is 0 Å². The first kappa shape index (κ1) is 9.36. The van der Waals surface area contributed by atoms with Crippen LogP contribution >= 0.6 is 11.9 Å². The molecule has 3 heteroatoms. The van der Waals surface area contributed by atoms with E-state index >= 15 is 0 Å². The van der Waals surface area contributed by atoms with Crippen LogP contribution < -0.4 is 0 Å². The van der Waals surface area contributed by atoms with Crippen LogP contribution in [0.2, 0.25) is 0 Å². The minimum Gasteiger partial charge on any atom is -0.301 e. The average Bonchev–Trinajstić information content (AvgIpc) is 2.07. The smallest absolute Gasteiger partial charge is 0.0218 e. The van der Waals surface area contributed by atoms with Crippen molar-refractivity contribution in [2.24, 2.45) is 0 Å². The van der Waals surface area contributed by atoms with Crippen molar-refractivity contribution in [3.05, 3.63) is 0 Å². The van der Waals surface area contributed by atoms with Gasteiger partial charge in [-0.05, 0) is 19.2 Å². The van der Waals surface area contributed by atoms with Gasteiger partial charge in [0.05, 0.1) is 0 Å². The van der Waals surface area contributed by atoms with Gasteiger partial charge >= 0.3 is 0 Å². The number of nitrogens with zero attached hydrogens (tertiary/aromatic N) is 2. The van der Waals surface area contributed by atoms with E-state index < -0.39 is 0 Å². The van der Waals surface area contributed by atoms with Gasteiger partial charge < -0.3 is 4.90 Å². The van der Waals surface area contributed by atoms with Crippen LogP contribution in [-0.4, -0.2) is 48.2 Å². The Morgan fingerprint density at radius 3 is 2.27 bits per heavy atom. The van der Waals surface area contributed by atoms with Crippen LogP contribution in [0, 0.1) is 0 Å². The van der Waals surface area contributed by atoms with Crippen molar-refractivity contribution < 1.29 is 0 Å². The Morgan fingerprint density at radius 1 is 1.18 bits per heavy atom. The average molecular weight is 174 g/mol. The summed E-state index contributed by atoms with van der Waals surface area (Å²) in [4.78, 5) is 2.55. The lowest BCUT2D eigenvalue weighted by molar-refractivity contribution is 0.197. The van der Waals surface area contributed by atoms with Crippen molar-refractivity contribution in [2.75, 3.05) is 39.0 Å². The molecule has 1 aliphatic heterocycles. The van der Waals surface area contributed by atoms with Gasteiger partial charge in [0, 0.05) is 26.2 Å². The highest BCUT2D eigenvalue weighted by Crippen LogP contribution is 2.09. The van der Waals surface area contributed by atoms with Gasteiger partial charge in [0.1, 0.15) is 0 Å². The number of hydrogen-bond donors (Lipinski definition) is 0. The van der Waals surface area contributed by atoms with Crippen molar-refractivity contribution in [1.82, 2.24) is 9.21 Å². The monoisotopic (exact) mass is 174 g/mol. The standard InChI is InChI=1S/C8H18N2S/c1-3-4-9-5-7-10(11-2)8-6-9/h3-8H2,1-2H3. The van der Waals surface area contributed by atoms with Gasteiger partial charge in [-0.25, -0.2) is 4.31 Å². The maximum atomic E-state index is 2.55. The second kappa shape index (κ2) is 5.01. The molecule has 2 nitrogen and oxygen atoms in total. The Morgan fingerprint density at radius 2 is 1.82 bits per heavy atom. The molecule has 0 spiro atoms. The Bertz CT molecular complexity index is 100. The van der Waals surface area contributed by atoms with Crippen molar-refractivity contribution in [3.63, 3.8) is 0 Å². The van der Waals surface area contributed by atoms with Gasteiger partial charge in [-0.15, -0.1) is 0 Å². The molecule has 1 heterocycles. The van der Waals surface area contributed by atoms with E-state index in [1.165, 1.54) is 39.1 Å². The van der Waals surface area contributed by atoms with Crippen LogP contribution in [0.1, 0.15) is 13.3 Å². The van der Waals surface area contributed by atoms with Gasteiger partial charge in [-0.3, -0.25) is 0 Å². The second-order valence-corrected chi connectivity index (χ2v) is 3.83. The van der Waals surface area contributed by atoms with Gasteiger partial charge in [-0.1, -0.05) is 18.9 Å². The first-order valence-corrected chi connectivity index (χ1v) is 5.56. The maximum absolute atomic E-state index is 2.55. The molecule has 1 rings (SSSR count). The van der Waals surface area contributed by atoms with Gasteiger partial charge in [0.15, 0.2) is 0 Å². The first-order chi connectivity index (χ1) is 5.36. The molecule has 0 atom stereocenters. The van der Waals surface area contributed by atoms with E-state index in [-0.39, 0.29) is 0 Å². The fraction of sp³-hybridized carbons (Fsp3) is 1.00. The lowest BCUT2D eigenvalue weighted by Crippen LogP contribution is -2.43. The molecule has 0 aliphatic carbocycles. The highest BCUT2D eigenvalue weighted by Gasteiger charge is 2.14. The summed E-state index contributed by atoms with van der Waals surface area (Å²) in [7, 11) is 0. The zero-order valence-electron chi connectivity index (χ0n) is 7.55. The summed E-state index contributed by atoms with van der Waals surface area (Å²) < 4.78 is 2.44. The predicted octanol–water partition coefficient (Wildman–Crippen LogP) is 1.29. The van der Waals surface area contributed by atoms with Crippen molar-refractivity contribution in [2.45, 2.75) is 13.3 Å². The van der Waals surface area contributed by atoms with Crippen LogP contribution in [0.15, 0.2) is 0 Å². The third-order valence-corrected chi connectivity index (χ3v) is 3.01. The zero-order valence-corrected chi connectivity index (χ0v) is 8.36. The van der Waals surface area contributed by atoms with Gasteiger partial charge in [0.25, 0.3) is 0 Å². The third kappa shape index (κ3) is 3.01. The molecule has 1 saturated heterocycles. The molecule has 66 valence electrons. The first-order valence-electron chi connectivity index (χ1n) is 4.38. The molecule has 0 bridgehead atoms. The number of hydrogen-bond acceptors (Lipinski definition) is 3. The Hall–Kier alpha value is 0.270. The minimum absolute atomic E-state index is 1.24. The SMILES string of the molecule is CCCN1CCN(SC)CC1. The molecular formula is C8H18N2S. The molecular weight excluding hydrogens is 156 g/mol. The molecule has 0 aromatic rings. The van der Waals surface area contributed by atoms with E-state index in [2.05, 4.69) is 22.4 Å². The molecule has 0 saturated carbocycles. The molecule has 0 amide bonds. The zero-order chi connectivity index (χ0) is 8.10. The fourth-order valence-electron chi connectivity index (χ4n) is 1.45. The Balaban J connectivity index is 2.14. The van der Waals surface area contributed by atoms with Gasteiger partial charge in [0.2, 0.25) is 0 Å². The lowest BCUT2D eigenvalue weighted by atomic mass is 10.3. The second-order valence-electron chi connectivity index (χ2n) is 2.95. The summed E-state index contributed by atoms with van der Waals surface area (Å²) in [6.07, 6.45) is 3.45. The van der Waals surface area contributed by atoms with E-state index in [0.717, 1.165) is 0 Å². The minimum atomic E-state index is 1.24. The van der Waals surface area contributed by atoms with E-state index in [9.17, 15) is 0 Å². The lowest BCUT2D eigenvalue weighted by Gasteiger charge is -2.32. The number of rotatable bonds is 3. The molecule has 1 aliphatic rings. The quantitative estimate of drug-likeness (QED) is 0.595. The highest BCUT2D eigenvalue weighted by atomic mass is 32.2. The van der Waals surface area contributed by atoms with Crippen molar-refractivity contribution >= 4 is 11.9 Å². The van der Waals surface area contributed by atoms with Crippen molar-refractivity contribution in [3.8, 4) is 0 Å². The summed E-state index contributed by atoms with van der Waals surface area (Å²) >= 11 is 1.87. The molecule has 0 unspecified atom stereocenters. The summed E-state index contributed by atoms with van der Waals surface area (Å²) in [6.45, 7) is 8.52. The summed E-state index contributed by atoms with van der Waals surface area (Å²) in [5.41, 5.74) is 0. The van der Waals surface area contributed by atoms with Crippen LogP contribution in [-0.2, 0) is 0 Å². The number of piperazine rings is 1. The Kier molecular flexibility index (Phi) is 4.26. The molecule has 11 heavy (non-hydrogen) atoms. The Labute approximate surface area is 74.1 Å². The fourth-order valence-corrected chi connectivity index (χ4v) is 1.98. The molecule has 0 aromatic carbocycles. The topological polar surface area (TPSA) is 6.48 Å². The van der Waals surface area contributed by atoms with Crippen LogP contribution in [0.25, 0.3) is 0 Å². The predicted molar refractivity (Wildman–Crippen MR) is 51.8 cm³/mol. The van der Waals surface area contributed by atoms with E-state index in [0.29, 0.717) is 0 Å². The molecule has 0 radical (unpaired) electrons. The molecule has 1 fully saturated rings. The normalized spacial score (nSPS) is 22.4. The van der Waals surface area contributed by atoms with Crippen LogP contribution in [0.5, 0.6) is 0 Å². The van der Waals surface area contributed by atoms with Crippen LogP contribution in [0.4, 0.5) is 0 Å². The maximum Gasteiger partial charge on any atom is 0.0218 e. The highest BCUT2D eigenvalue weighted by molar-refractivity contribution is 7.96. The van der Waals surface area contributed by atoms with E-state index in [1.807, 2.05) is 11.9 Å². The summed E-state index contributed by atoms with van der Waals surface area (Å²) in [5, 5.41) is 0. The summed E-state index contributed by atoms with van der Waals surface area (Å²) in [5.74, 6) is 0. The largest absolute Gasteiger partial charge is 0.301 e. The van der Waals surface area contributed by atoms with E-state index in [1.54, 1.807) is 0 Å². The van der Waals surface area contributed by atoms with E-state index in [4.69, 9.17) is 0 Å². The summed E-state index contributed by atoms with van der Waals surface area (Å²) in [6, 6.07) is 0. The third-order valence-electron chi connectivity index (χ3n) is 2.13. The molecule has 0 N–H and O–H groups in total.